The van der Waals surface area contributed by atoms with Crippen molar-refractivity contribution in [2.24, 2.45) is 13.0 Å². The van der Waals surface area contributed by atoms with Gasteiger partial charge < -0.3 is 9.63 Å². The summed E-state index contributed by atoms with van der Waals surface area (Å²) in [5.74, 6) is 0.993. The molecule has 0 radical (unpaired) electrons. The molecule has 0 aliphatic heterocycles. The van der Waals surface area contributed by atoms with Crippen LogP contribution in [0.3, 0.4) is 0 Å². The summed E-state index contributed by atoms with van der Waals surface area (Å²) in [5.41, 5.74) is 0.658. The molecule has 6 nitrogen and oxygen atoms in total. The highest BCUT2D eigenvalue weighted by atomic mass is 16.5. The molecule has 3 rings (SSSR count). The van der Waals surface area contributed by atoms with E-state index < -0.39 is 6.10 Å². The maximum absolute atomic E-state index is 10.2. The SMILES string of the molecule is Cn1ccc(-c2noc([C@@H](O)C3CCCC3)n2)n1. The molecule has 2 aromatic heterocycles. The van der Waals surface area contributed by atoms with E-state index in [0.717, 1.165) is 12.8 Å². The summed E-state index contributed by atoms with van der Waals surface area (Å²) in [6, 6.07) is 1.82. The molecule has 0 amide bonds. The Hall–Kier alpha value is -1.69. The molecule has 6 heteroatoms. The molecule has 1 N–H and O–H groups in total. The zero-order valence-corrected chi connectivity index (χ0v) is 10.3. The standard InChI is InChI=1S/C12H16N4O2/c1-16-7-6-9(14-16)11-13-12(18-15-11)10(17)8-4-2-3-5-8/h6-8,10,17H,2-5H2,1H3/t10-/m0/s1. The van der Waals surface area contributed by atoms with Crippen LogP contribution in [0.25, 0.3) is 11.5 Å². The summed E-state index contributed by atoms with van der Waals surface area (Å²) in [6.07, 6.45) is 5.58. The van der Waals surface area contributed by atoms with Crippen molar-refractivity contribution < 1.29 is 9.63 Å². The van der Waals surface area contributed by atoms with Crippen LogP contribution in [0.1, 0.15) is 37.7 Å². The highest BCUT2D eigenvalue weighted by Crippen LogP contribution is 2.35. The Kier molecular flexibility index (Phi) is 2.87. The minimum atomic E-state index is -0.641. The largest absolute Gasteiger partial charge is 0.383 e. The van der Waals surface area contributed by atoms with Gasteiger partial charge in [-0.1, -0.05) is 18.0 Å². The van der Waals surface area contributed by atoms with Gasteiger partial charge in [0.2, 0.25) is 5.82 Å². The summed E-state index contributed by atoms with van der Waals surface area (Å²) in [5, 5.41) is 18.2. The number of rotatable bonds is 3. The summed E-state index contributed by atoms with van der Waals surface area (Å²) >= 11 is 0. The lowest BCUT2D eigenvalue weighted by molar-refractivity contribution is 0.0768. The van der Waals surface area contributed by atoms with E-state index in [4.69, 9.17) is 4.52 Å². The minimum Gasteiger partial charge on any atom is -0.383 e. The third-order valence-electron chi connectivity index (χ3n) is 3.48. The second-order valence-corrected chi connectivity index (χ2v) is 4.82. The predicted octanol–water partition coefficient (Wildman–Crippen LogP) is 1.69. The third kappa shape index (κ3) is 2.03. The first-order valence-electron chi connectivity index (χ1n) is 6.26. The van der Waals surface area contributed by atoms with Crippen LogP contribution in [0.2, 0.25) is 0 Å². The van der Waals surface area contributed by atoms with Crippen molar-refractivity contribution in [2.75, 3.05) is 0 Å². The van der Waals surface area contributed by atoms with Gasteiger partial charge >= 0.3 is 0 Å². The number of aromatic nitrogens is 4. The molecular weight excluding hydrogens is 232 g/mol. The molecule has 1 fully saturated rings. The van der Waals surface area contributed by atoms with Crippen molar-refractivity contribution in [1.82, 2.24) is 19.9 Å². The van der Waals surface area contributed by atoms with Crippen molar-refractivity contribution in [2.45, 2.75) is 31.8 Å². The van der Waals surface area contributed by atoms with Gasteiger partial charge in [0, 0.05) is 13.2 Å². The first-order chi connectivity index (χ1) is 8.74. The van der Waals surface area contributed by atoms with Gasteiger partial charge in [-0.15, -0.1) is 0 Å². The summed E-state index contributed by atoms with van der Waals surface area (Å²) in [7, 11) is 1.83. The fourth-order valence-electron chi connectivity index (χ4n) is 2.47. The normalized spacial score (nSPS) is 18.3. The zero-order valence-electron chi connectivity index (χ0n) is 10.3. The van der Waals surface area contributed by atoms with Gasteiger partial charge in [0.05, 0.1) is 0 Å². The van der Waals surface area contributed by atoms with Crippen LogP contribution in [-0.4, -0.2) is 25.0 Å². The Balaban J connectivity index is 1.80. The van der Waals surface area contributed by atoms with Crippen molar-refractivity contribution in [1.29, 1.82) is 0 Å². The van der Waals surface area contributed by atoms with Crippen LogP contribution in [0, 0.1) is 5.92 Å². The van der Waals surface area contributed by atoms with Crippen molar-refractivity contribution in [3.05, 3.63) is 18.2 Å². The first-order valence-corrected chi connectivity index (χ1v) is 6.26. The molecule has 0 aromatic carbocycles. The molecule has 1 aliphatic carbocycles. The van der Waals surface area contributed by atoms with Gasteiger partial charge in [0.15, 0.2) is 0 Å². The van der Waals surface area contributed by atoms with Crippen molar-refractivity contribution in [3.8, 4) is 11.5 Å². The molecule has 18 heavy (non-hydrogen) atoms. The Morgan fingerprint density at radius 1 is 1.44 bits per heavy atom. The maximum atomic E-state index is 10.2. The Morgan fingerprint density at radius 2 is 2.22 bits per heavy atom. The second-order valence-electron chi connectivity index (χ2n) is 4.82. The highest BCUT2D eigenvalue weighted by molar-refractivity contribution is 5.46. The molecule has 96 valence electrons. The van der Waals surface area contributed by atoms with E-state index in [0.29, 0.717) is 17.4 Å². The van der Waals surface area contributed by atoms with Crippen LogP contribution in [0.5, 0.6) is 0 Å². The van der Waals surface area contributed by atoms with Crippen LogP contribution >= 0.6 is 0 Å². The predicted molar refractivity (Wildman–Crippen MR) is 63.4 cm³/mol. The third-order valence-corrected chi connectivity index (χ3v) is 3.48. The molecule has 2 heterocycles. The number of hydrogen-bond acceptors (Lipinski definition) is 5. The Morgan fingerprint density at radius 3 is 2.89 bits per heavy atom. The molecule has 1 aliphatic rings. The van der Waals surface area contributed by atoms with E-state index in [1.165, 1.54) is 12.8 Å². The van der Waals surface area contributed by atoms with E-state index in [1.807, 2.05) is 19.3 Å². The number of hydrogen-bond donors (Lipinski definition) is 1. The van der Waals surface area contributed by atoms with Gasteiger partial charge in [-0.2, -0.15) is 10.1 Å². The monoisotopic (exact) mass is 248 g/mol. The van der Waals surface area contributed by atoms with E-state index >= 15 is 0 Å². The highest BCUT2D eigenvalue weighted by Gasteiger charge is 2.29. The van der Waals surface area contributed by atoms with Crippen LogP contribution in [-0.2, 0) is 7.05 Å². The van der Waals surface area contributed by atoms with Crippen molar-refractivity contribution >= 4 is 0 Å². The smallest absolute Gasteiger partial charge is 0.256 e. The van der Waals surface area contributed by atoms with E-state index in [1.54, 1.807) is 4.68 Å². The number of nitrogens with zero attached hydrogens (tertiary/aromatic N) is 4. The van der Waals surface area contributed by atoms with E-state index in [9.17, 15) is 5.11 Å². The average Bonchev–Trinajstić information content (AvgIpc) is 3.09. The lowest BCUT2D eigenvalue weighted by Crippen LogP contribution is -2.09. The number of aryl methyl sites for hydroxylation is 1. The number of aliphatic hydroxyl groups is 1. The van der Waals surface area contributed by atoms with Crippen LogP contribution < -0.4 is 0 Å². The fraction of sp³-hybridized carbons (Fsp3) is 0.583. The van der Waals surface area contributed by atoms with Gasteiger partial charge in [0.1, 0.15) is 11.8 Å². The quantitative estimate of drug-likeness (QED) is 0.894. The second kappa shape index (κ2) is 4.53. The summed E-state index contributed by atoms with van der Waals surface area (Å²) < 4.78 is 6.82. The minimum absolute atomic E-state index is 0.252. The van der Waals surface area contributed by atoms with Gasteiger partial charge in [0.25, 0.3) is 5.89 Å². The van der Waals surface area contributed by atoms with Gasteiger partial charge in [-0.3, -0.25) is 4.68 Å². The Labute approximate surface area is 105 Å². The molecule has 0 unspecified atom stereocenters. The molecular formula is C12H16N4O2. The molecule has 1 atom stereocenters. The van der Waals surface area contributed by atoms with Gasteiger partial charge in [-0.25, -0.2) is 0 Å². The molecule has 0 spiro atoms. The molecule has 0 bridgehead atoms. The zero-order chi connectivity index (χ0) is 12.5. The van der Waals surface area contributed by atoms with E-state index in [2.05, 4.69) is 15.2 Å². The summed E-state index contributed by atoms with van der Waals surface area (Å²) in [4.78, 5) is 4.23. The first kappa shape index (κ1) is 11.4. The molecule has 2 aromatic rings. The van der Waals surface area contributed by atoms with Crippen molar-refractivity contribution in [3.63, 3.8) is 0 Å². The Bertz CT molecular complexity index is 528. The summed E-state index contributed by atoms with van der Waals surface area (Å²) in [6.45, 7) is 0. The van der Waals surface area contributed by atoms with Crippen LogP contribution in [0.15, 0.2) is 16.8 Å². The fourth-order valence-corrected chi connectivity index (χ4v) is 2.47. The lowest BCUT2D eigenvalue weighted by atomic mass is 10.0. The van der Waals surface area contributed by atoms with Gasteiger partial charge in [-0.05, 0) is 24.8 Å². The maximum Gasteiger partial charge on any atom is 0.256 e. The topological polar surface area (TPSA) is 77.0 Å². The van der Waals surface area contributed by atoms with Crippen LogP contribution in [0.4, 0.5) is 0 Å². The lowest BCUT2D eigenvalue weighted by Gasteiger charge is -2.12. The number of aliphatic hydroxyl groups excluding tert-OH is 1. The average molecular weight is 248 g/mol. The molecule has 1 saturated carbocycles. The van der Waals surface area contributed by atoms with E-state index in [-0.39, 0.29) is 5.92 Å². The molecule has 0 saturated heterocycles.